The van der Waals surface area contributed by atoms with E-state index in [-0.39, 0.29) is 29.1 Å². The van der Waals surface area contributed by atoms with Crippen molar-refractivity contribution >= 4 is 11.8 Å². The van der Waals surface area contributed by atoms with Crippen LogP contribution in [0.2, 0.25) is 0 Å². The molecule has 1 fully saturated rings. The van der Waals surface area contributed by atoms with E-state index in [1.165, 1.54) is 0 Å². The number of likely N-dealkylation sites (tertiary alicyclic amines) is 1. The van der Waals surface area contributed by atoms with Gasteiger partial charge in [-0.1, -0.05) is 32.9 Å². The van der Waals surface area contributed by atoms with Gasteiger partial charge in [0.1, 0.15) is 5.75 Å². The molecule has 6 heteroatoms. The third kappa shape index (κ3) is 6.23. The summed E-state index contributed by atoms with van der Waals surface area (Å²) >= 11 is 0. The Balaban J connectivity index is 2.17. The summed E-state index contributed by atoms with van der Waals surface area (Å²) in [6.45, 7) is 8.36. The van der Waals surface area contributed by atoms with Gasteiger partial charge in [-0.25, -0.2) is 0 Å². The van der Waals surface area contributed by atoms with Gasteiger partial charge in [0.25, 0.3) is 0 Å². The van der Waals surface area contributed by atoms with Crippen molar-refractivity contribution in [1.82, 2.24) is 10.2 Å². The van der Waals surface area contributed by atoms with Gasteiger partial charge in [-0.05, 0) is 29.5 Å². The first-order chi connectivity index (χ1) is 13.2. The molecule has 2 rings (SSSR count). The van der Waals surface area contributed by atoms with Crippen molar-refractivity contribution in [1.29, 1.82) is 0 Å². The number of nitrogens with zero attached hydrogens (tertiary/aromatic N) is 1. The molecule has 1 aromatic carbocycles. The van der Waals surface area contributed by atoms with E-state index >= 15 is 0 Å². The van der Waals surface area contributed by atoms with Gasteiger partial charge in [0.2, 0.25) is 11.8 Å². The van der Waals surface area contributed by atoms with Crippen LogP contribution >= 0.6 is 0 Å². The van der Waals surface area contributed by atoms with Gasteiger partial charge in [0.05, 0.1) is 13.0 Å². The van der Waals surface area contributed by atoms with Crippen LogP contribution in [0.25, 0.3) is 0 Å². The maximum absolute atomic E-state index is 12.9. The zero-order valence-electron chi connectivity index (χ0n) is 17.8. The van der Waals surface area contributed by atoms with Gasteiger partial charge in [-0.2, -0.15) is 0 Å². The highest BCUT2D eigenvalue weighted by molar-refractivity contribution is 5.83. The lowest BCUT2D eigenvalue weighted by Gasteiger charge is -2.23. The number of hydrogen-bond acceptors (Lipinski definition) is 4. The highest BCUT2D eigenvalue weighted by Gasteiger charge is 2.40. The molecule has 2 amide bonds. The number of amides is 2. The minimum Gasteiger partial charge on any atom is -0.497 e. The first-order valence-electron chi connectivity index (χ1n) is 9.93. The van der Waals surface area contributed by atoms with Crippen molar-refractivity contribution in [2.45, 2.75) is 39.5 Å². The van der Waals surface area contributed by atoms with Gasteiger partial charge in [0, 0.05) is 45.7 Å². The highest BCUT2D eigenvalue weighted by atomic mass is 16.5. The third-order valence-corrected chi connectivity index (χ3v) is 5.04. The fraction of sp³-hybridized carbons (Fsp3) is 0.636. The molecule has 1 N–H and O–H groups in total. The predicted molar refractivity (Wildman–Crippen MR) is 109 cm³/mol. The topological polar surface area (TPSA) is 67.9 Å². The Morgan fingerprint density at radius 3 is 2.61 bits per heavy atom. The van der Waals surface area contributed by atoms with E-state index in [4.69, 9.17) is 9.47 Å². The summed E-state index contributed by atoms with van der Waals surface area (Å²) < 4.78 is 10.4. The lowest BCUT2D eigenvalue weighted by molar-refractivity contribution is -0.132. The number of nitrogens with one attached hydrogen (secondary N) is 1. The second kappa shape index (κ2) is 9.92. The van der Waals surface area contributed by atoms with Crippen molar-refractivity contribution in [3.05, 3.63) is 29.8 Å². The molecule has 1 saturated heterocycles. The Kier molecular flexibility index (Phi) is 7.87. The molecule has 0 spiro atoms. The number of carbonyl (C=O) groups is 2. The van der Waals surface area contributed by atoms with E-state index in [9.17, 15) is 9.59 Å². The molecule has 0 aromatic heterocycles. The van der Waals surface area contributed by atoms with Crippen LogP contribution in [0.4, 0.5) is 0 Å². The summed E-state index contributed by atoms with van der Waals surface area (Å²) in [5, 5.41) is 3.01. The average Bonchev–Trinajstić information content (AvgIpc) is 3.09. The standard InChI is InChI=1S/C22H34N2O4/c1-22(2,3)13-20(25)24-14-18(16-8-6-9-17(12-16)28-5)19(15-24)21(26)23-10-7-11-27-4/h6,8-9,12,18-19H,7,10-11,13-15H2,1-5H3,(H,23,26). The molecule has 2 atom stereocenters. The van der Waals surface area contributed by atoms with Crippen LogP contribution in [0.1, 0.15) is 45.1 Å². The molecule has 0 aliphatic carbocycles. The minimum atomic E-state index is -0.265. The van der Waals surface area contributed by atoms with Gasteiger partial charge < -0.3 is 19.7 Å². The molecule has 1 heterocycles. The summed E-state index contributed by atoms with van der Waals surface area (Å²) in [4.78, 5) is 27.5. The van der Waals surface area contributed by atoms with E-state index in [0.29, 0.717) is 32.7 Å². The number of hydrogen-bond donors (Lipinski definition) is 1. The SMILES string of the molecule is COCCCNC(=O)C1CN(C(=O)CC(C)(C)C)CC1c1cccc(OC)c1. The van der Waals surface area contributed by atoms with E-state index < -0.39 is 0 Å². The van der Waals surface area contributed by atoms with Gasteiger partial charge in [-0.3, -0.25) is 9.59 Å². The molecule has 1 aliphatic heterocycles. The lowest BCUT2D eigenvalue weighted by Crippen LogP contribution is -2.36. The van der Waals surface area contributed by atoms with Crippen LogP contribution < -0.4 is 10.1 Å². The van der Waals surface area contributed by atoms with Crippen molar-refractivity contribution < 1.29 is 19.1 Å². The average molecular weight is 391 g/mol. The Bertz CT molecular complexity index is 669. The van der Waals surface area contributed by atoms with E-state index in [1.54, 1.807) is 14.2 Å². The molecule has 2 unspecified atom stereocenters. The Morgan fingerprint density at radius 2 is 1.96 bits per heavy atom. The molecular formula is C22H34N2O4. The monoisotopic (exact) mass is 390 g/mol. The summed E-state index contributed by atoms with van der Waals surface area (Å²) in [5.74, 6) is 0.557. The van der Waals surface area contributed by atoms with Gasteiger partial charge >= 0.3 is 0 Å². The van der Waals surface area contributed by atoms with Crippen molar-refractivity contribution in [3.8, 4) is 5.75 Å². The molecule has 1 aliphatic rings. The second-order valence-electron chi connectivity index (χ2n) is 8.66. The molecule has 0 bridgehead atoms. The molecule has 28 heavy (non-hydrogen) atoms. The first kappa shape index (κ1) is 22.2. The van der Waals surface area contributed by atoms with Crippen LogP contribution in [0.5, 0.6) is 5.75 Å². The number of rotatable bonds is 8. The fourth-order valence-corrected chi connectivity index (χ4v) is 3.61. The van der Waals surface area contributed by atoms with E-state index in [2.05, 4.69) is 26.1 Å². The minimum absolute atomic E-state index is 0.00465. The number of carbonyl (C=O) groups excluding carboxylic acids is 2. The van der Waals surface area contributed by atoms with E-state index in [1.807, 2.05) is 29.2 Å². The zero-order valence-corrected chi connectivity index (χ0v) is 17.8. The quantitative estimate of drug-likeness (QED) is 0.693. The fourth-order valence-electron chi connectivity index (χ4n) is 3.61. The van der Waals surface area contributed by atoms with Crippen LogP contribution in [-0.2, 0) is 14.3 Å². The Hall–Kier alpha value is -2.08. The number of benzene rings is 1. The van der Waals surface area contributed by atoms with Crippen LogP contribution in [-0.4, -0.2) is 57.2 Å². The second-order valence-corrected chi connectivity index (χ2v) is 8.66. The normalized spacial score (nSPS) is 19.5. The zero-order chi connectivity index (χ0) is 20.7. The smallest absolute Gasteiger partial charge is 0.225 e. The Morgan fingerprint density at radius 1 is 1.21 bits per heavy atom. The van der Waals surface area contributed by atoms with E-state index in [0.717, 1.165) is 17.7 Å². The van der Waals surface area contributed by atoms with Gasteiger partial charge in [0.15, 0.2) is 0 Å². The van der Waals surface area contributed by atoms with Crippen LogP contribution in [0, 0.1) is 11.3 Å². The molecule has 0 radical (unpaired) electrons. The molecular weight excluding hydrogens is 356 g/mol. The van der Waals surface area contributed by atoms with Crippen molar-refractivity contribution in [3.63, 3.8) is 0 Å². The molecule has 0 saturated carbocycles. The third-order valence-electron chi connectivity index (χ3n) is 5.04. The predicted octanol–water partition coefficient (Wildman–Crippen LogP) is 2.83. The molecule has 6 nitrogen and oxygen atoms in total. The summed E-state index contributed by atoms with van der Waals surface area (Å²) in [7, 11) is 3.28. The maximum Gasteiger partial charge on any atom is 0.225 e. The van der Waals surface area contributed by atoms with Crippen molar-refractivity contribution in [2.24, 2.45) is 11.3 Å². The number of methoxy groups -OCH3 is 2. The van der Waals surface area contributed by atoms with Crippen LogP contribution in [0.15, 0.2) is 24.3 Å². The first-order valence-corrected chi connectivity index (χ1v) is 9.93. The maximum atomic E-state index is 12.9. The highest BCUT2D eigenvalue weighted by Crippen LogP contribution is 2.35. The Labute approximate surface area is 168 Å². The molecule has 1 aromatic rings. The molecule has 156 valence electrons. The summed E-state index contributed by atoms with van der Waals surface area (Å²) in [6.07, 6.45) is 1.24. The largest absolute Gasteiger partial charge is 0.497 e. The van der Waals surface area contributed by atoms with Crippen molar-refractivity contribution in [2.75, 3.05) is 40.5 Å². The number of ether oxygens (including phenoxy) is 2. The van der Waals surface area contributed by atoms with Crippen LogP contribution in [0.3, 0.4) is 0 Å². The lowest BCUT2D eigenvalue weighted by atomic mass is 9.88. The summed E-state index contributed by atoms with van der Waals surface area (Å²) in [6, 6.07) is 7.80. The van der Waals surface area contributed by atoms with Gasteiger partial charge in [-0.15, -0.1) is 0 Å². The summed E-state index contributed by atoms with van der Waals surface area (Å²) in [5.41, 5.74) is 0.950.